The zero-order valence-electron chi connectivity index (χ0n) is 25.3. The van der Waals surface area contributed by atoms with Gasteiger partial charge in [0.1, 0.15) is 17.3 Å². The largest absolute Gasteiger partial charge is 0.482 e. The Morgan fingerprint density at radius 2 is 1.51 bits per heavy atom. The van der Waals surface area contributed by atoms with Crippen LogP contribution in [0.25, 0.3) is 0 Å². The molecule has 0 saturated heterocycles. The molecule has 3 rings (SSSR count). The first-order chi connectivity index (χ1) is 20.0. The highest BCUT2D eigenvalue weighted by molar-refractivity contribution is 6.36. The second-order valence-corrected chi connectivity index (χ2v) is 12.2. The smallest absolute Gasteiger partial charge is 0.425 e. The summed E-state index contributed by atoms with van der Waals surface area (Å²) < 4.78 is 17.2. The van der Waals surface area contributed by atoms with Crippen LogP contribution < -0.4 is 15.0 Å². The van der Waals surface area contributed by atoms with Crippen molar-refractivity contribution in [1.82, 2.24) is 15.2 Å². The van der Waals surface area contributed by atoms with Gasteiger partial charge < -0.3 is 19.5 Å². The molecular formula is C30H35Cl2N5O6. The molecule has 11 nitrogen and oxygen atoms in total. The zero-order chi connectivity index (χ0) is 32.1. The van der Waals surface area contributed by atoms with E-state index in [9.17, 15) is 14.4 Å². The maximum Gasteiger partial charge on any atom is 0.425 e. The highest BCUT2D eigenvalue weighted by Crippen LogP contribution is 2.38. The molecule has 43 heavy (non-hydrogen) atoms. The Labute approximate surface area is 260 Å². The van der Waals surface area contributed by atoms with Gasteiger partial charge >= 0.3 is 12.2 Å². The van der Waals surface area contributed by atoms with Gasteiger partial charge in [0.25, 0.3) is 5.91 Å². The van der Waals surface area contributed by atoms with Gasteiger partial charge in [0.05, 0.1) is 5.02 Å². The van der Waals surface area contributed by atoms with Crippen molar-refractivity contribution in [1.29, 1.82) is 0 Å². The van der Waals surface area contributed by atoms with Gasteiger partial charge in [0.2, 0.25) is 5.82 Å². The molecule has 3 aromatic rings. The van der Waals surface area contributed by atoms with E-state index in [1.54, 1.807) is 66.7 Å². The Bertz CT molecular complexity index is 1460. The number of aryl methyl sites for hydroxylation is 1. The molecule has 230 valence electrons. The molecule has 1 atom stereocenters. The van der Waals surface area contributed by atoms with Gasteiger partial charge in [-0.15, -0.1) is 10.2 Å². The van der Waals surface area contributed by atoms with Crippen LogP contribution >= 0.6 is 23.2 Å². The Morgan fingerprint density at radius 3 is 2.05 bits per heavy atom. The molecule has 1 aromatic carbocycles. The minimum Gasteiger partial charge on any atom is -0.482 e. The fraction of sp³-hybridized carbons (Fsp3) is 0.400. The van der Waals surface area contributed by atoms with Gasteiger partial charge in [-0.1, -0.05) is 36.2 Å². The number of aromatic nitrogens is 3. The Kier molecular flexibility index (Phi) is 10.6. The topological polar surface area (TPSA) is 133 Å². The summed E-state index contributed by atoms with van der Waals surface area (Å²) in [6, 6.07) is 7.96. The van der Waals surface area contributed by atoms with E-state index in [1.165, 1.54) is 18.5 Å². The number of imide groups is 1. The van der Waals surface area contributed by atoms with Gasteiger partial charge in [0.15, 0.2) is 11.4 Å². The normalized spacial score (nSPS) is 12.2. The minimum atomic E-state index is -1.09. The predicted molar refractivity (Wildman–Crippen MR) is 164 cm³/mol. The van der Waals surface area contributed by atoms with Crippen molar-refractivity contribution in [2.75, 3.05) is 10.2 Å². The number of carbonyl (C=O) groups is 3. The highest BCUT2D eigenvalue weighted by atomic mass is 35.5. The molecule has 1 N–H and O–H groups in total. The number of hydrogen-bond donors (Lipinski definition) is 1. The van der Waals surface area contributed by atoms with Gasteiger partial charge in [0, 0.05) is 34.7 Å². The lowest BCUT2D eigenvalue weighted by atomic mass is 10.0. The van der Waals surface area contributed by atoms with Crippen LogP contribution in [0.2, 0.25) is 10.0 Å². The molecular weight excluding hydrogens is 597 g/mol. The third kappa shape index (κ3) is 9.01. The van der Waals surface area contributed by atoms with Gasteiger partial charge in [-0.2, -0.15) is 4.90 Å². The fourth-order valence-corrected chi connectivity index (χ4v) is 4.53. The Balaban J connectivity index is 2.17. The van der Waals surface area contributed by atoms with E-state index >= 15 is 0 Å². The SMILES string of the molecule is CCc1ccc(Cl)c(C(C)Oc2cc(C(=O)Nc3ccncc3)nnc2N(C(=O)OC(C)(C)C)C(=O)OC(C)(C)C)c1Cl. The van der Waals surface area contributed by atoms with Crippen molar-refractivity contribution in [3.05, 3.63) is 69.6 Å². The summed E-state index contributed by atoms with van der Waals surface area (Å²) in [7, 11) is 0. The van der Waals surface area contributed by atoms with Crippen LogP contribution in [-0.4, -0.2) is 44.5 Å². The van der Waals surface area contributed by atoms with Crippen molar-refractivity contribution in [2.45, 2.75) is 79.1 Å². The number of benzene rings is 1. The minimum absolute atomic E-state index is 0.159. The van der Waals surface area contributed by atoms with E-state index in [1.807, 2.05) is 13.0 Å². The second kappa shape index (κ2) is 13.6. The number of ether oxygens (including phenoxy) is 3. The summed E-state index contributed by atoms with van der Waals surface area (Å²) >= 11 is 13.2. The lowest BCUT2D eigenvalue weighted by Gasteiger charge is -2.29. The number of halogens is 2. The maximum atomic E-state index is 13.4. The molecule has 0 radical (unpaired) electrons. The predicted octanol–water partition coefficient (Wildman–Crippen LogP) is 7.81. The van der Waals surface area contributed by atoms with Crippen LogP contribution in [-0.2, 0) is 15.9 Å². The number of rotatable bonds is 7. The standard InChI is InChI=1S/C30H35Cl2N5O6/c1-9-18-10-11-20(31)23(24(18)32)17(2)41-22-16-21(26(38)34-19-12-14-33-15-13-19)35-36-25(22)37(27(39)42-29(3,4)5)28(40)43-30(6,7)8/h10-17H,9H2,1-8H3,(H,33,34,38). The number of pyridine rings is 1. The number of hydrogen-bond acceptors (Lipinski definition) is 9. The summed E-state index contributed by atoms with van der Waals surface area (Å²) in [6.45, 7) is 13.5. The maximum absolute atomic E-state index is 13.4. The molecule has 13 heteroatoms. The Morgan fingerprint density at radius 1 is 0.930 bits per heavy atom. The lowest BCUT2D eigenvalue weighted by Crippen LogP contribution is -2.44. The fourth-order valence-electron chi connectivity index (χ4n) is 3.72. The van der Waals surface area contributed by atoms with Crippen LogP contribution in [0.1, 0.15) is 83.1 Å². The Hall–Kier alpha value is -3.96. The van der Waals surface area contributed by atoms with E-state index in [-0.39, 0.29) is 17.3 Å². The summed E-state index contributed by atoms with van der Waals surface area (Å²) in [6.07, 6.45) is 0.654. The van der Waals surface area contributed by atoms with Crippen molar-refractivity contribution in [2.24, 2.45) is 0 Å². The number of nitrogens with one attached hydrogen (secondary N) is 1. The highest BCUT2D eigenvalue weighted by Gasteiger charge is 2.37. The molecule has 0 saturated carbocycles. The molecule has 1 unspecified atom stereocenters. The zero-order valence-corrected chi connectivity index (χ0v) is 26.8. The lowest BCUT2D eigenvalue weighted by molar-refractivity contribution is 0.0425. The van der Waals surface area contributed by atoms with E-state index < -0.39 is 35.4 Å². The van der Waals surface area contributed by atoms with Crippen molar-refractivity contribution >= 4 is 52.8 Å². The van der Waals surface area contributed by atoms with E-state index in [4.69, 9.17) is 37.4 Å². The monoisotopic (exact) mass is 631 g/mol. The second-order valence-electron chi connectivity index (χ2n) is 11.5. The van der Waals surface area contributed by atoms with Crippen molar-refractivity contribution in [3.63, 3.8) is 0 Å². The van der Waals surface area contributed by atoms with E-state index in [0.717, 1.165) is 5.56 Å². The average Bonchev–Trinajstić information content (AvgIpc) is 2.88. The number of amides is 3. The quantitative estimate of drug-likeness (QED) is 0.277. The summed E-state index contributed by atoms with van der Waals surface area (Å²) in [4.78, 5) is 44.4. The van der Waals surface area contributed by atoms with Gasteiger partial charge in [-0.3, -0.25) is 9.78 Å². The van der Waals surface area contributed by atoms with E-state index in [2.05, 4.69) is 20.5 Å². The molecule has 2 heterocycles. The van der Waals surface area contributed by atoms with E-state index in [0.29, 0.717) is 32.6 Å². The van der Waals surface area contributed by atoms with Crippen LogP contribution in [0.5, 0.6) is 5.75 Å². The first kappa shape index (κ1) is 33.5. The average molecular weight is 633 g/mol. The molecule has 0 spiro atoms. The van der Waals surface area contributed by atoms with Crippen LogP contribution in [0.3, 0.4) is 0 Å². The molecule has 0 bridgehead atoms. The van der Waals surface area contributed by atoms with Gasteiger partial charge in [-0.25, -0.2) is 9.59 Å². The summed E-state index contributed by atoms with van der Waals surface area (Å²) in [5.74, 6) is -1.16. The van der Waals surface area contributed by atoms with Crippen molar-refractivity contribution in [3.8, 4) is 5.75 Å². The first-order valence-corrected chi connectivity index (χ1v) is 14.2. The first-order valence-electron chi connectivity index (χ1n) is 13.5. The number of nitrogens with zero attached hydrogens (tertiary/aromatic N) is 4. The van der Waals surface area contributed by atoms with Gasteiger partial charge in [-0.05, 0) is 78.6 Å². The molecule has 0 fully saturated rings. The van der Waals surface area contributed by atoms with Crippen LogP contribution in [0.15, 0.2) is 42.7 Å². The number of carbonyl (C=O) groups excluding carboxylic acids is 3. The summed E-state index contributed by atoms with van der Waals surface area (Å²) in [5, 5.41) is 11.5. The molecule has 2 aromatic heterocycles. The number of anilines is 2. The molecule has 3 amide bonds. The van der Waals surface area contributed by atoms with Crippen molar-refractivity contribution < 1.29 is 28.6 Å². The third-order valence-corrected chi connectivity index (χ3v) is 6.35. The molecule has 0 aliphatic carbocycles. The summed E-state index contributed by atoms with van der Waals surface area (Å²) in [5.41, 5.74) is -0.368. The van der Waals surface area contributed by atoms with Crippen LogP contribution in [0.4, 0.5) is 21.1 Å². The molecule has 0 aliphatic heterocycles. The third-order valence-electron chi connectivity index (χ3n) is 5.57. The van der Waals surface area contributed by atoms with Crippen LogP contribution in [0, 0.1) is 0 Å². The molecule has 0 aliphatic rings.